The van der Waals surface area contributed by atoms with Crippen molar-refractivity contribution in [3.63, 3.8) is 0 Å². The molecule has 0 aliphatic rings. The summed E-state index contributed by atoms with van der Waals surface area (Å²) in [6, 6.07) is 6.92. The van der Waals surface area contributed by atoms with Gasteiger partial charge in [-0.3, -0.25) is 4.79 Å². The summed E-state index contributed by atoms with van der Waals surface area (Å²) < 4.78 is 4.64. The van der Waals surface area contributed by atoms with Crippen LogP contribution in [0.4, 0.5) is 5.69 Å². The fraction of sp³-hybridized carbons (Fsp3) is 0. The van der Waals surface area contributed by atoms with Crippen LogP contribution in [0.1, 0.15) is 10.7 Å². The first-order valence-corrected chi connectivity index (χ1v) is 4.16. The van der Waals surface area contributed by atoms with Crippen molar-refractivity contribution in [2.75, 3.05) is 5.73 Å². The molecule has 0 saturated carbocycles. The summed E-state index contributed by atoms with van der Waals surface area (Å²) in [5.41, 5.74) is 11.8. The Balaban J connectivity index is 2.41. The second-order valence-electron chi connectivity index (χ2n) is 2.91. The molecule has 76 valence electrons. The zero-order chi connectivity index (χ0) is 10.8. The number of carbonyl (C=O) groups excluding carboxylic acids is 1. The normalized spacial score (nSPS) is 10.1. The van der Waals surface area contributed by atoms with Gasteiger partial charge in [0.2, 0.25) is 5.82 Å². The molecule has 1 heterocycles. The van der Waals surface area contributed by atoms with Crippen LogP contribution in [0.5, 0.6) is 0 Å². The number of hydrogen-bond acceptors (Lipinski definition) is 5. The lowest BCUT2D eigenvalue weighted by atomic mass is 10.2. The fourth-order valence-corrected chi connectivity index (χ4v) is 1.12. The van der Waals surface area contributed by atoms with Gasteiger partial charge in [-0.1, -0.05) is 17.3 Å². The third-order valence-corrected chi connectivity index (χ3v) is 1.78. The standard InChI is InChI=1S/C9H8N4O2/c10-6-3-1-2-5(4-6)8-12-9(7(11)14)15-13-8/h1-4H,10H2,(H2,11,14). The van der Waals surface area contributed by atoms with Crippen LogP contribution in [0.2, 0.25) is 0 Å². The van der Waals surface area contributed by atoms with E-state index < -0.39 is 5.91 Å². The molecule has 0 fully saturated rings. The Kier molecular flexibility index (Phi) is 2.09. The summed E-state index contributed by atoms with van der Waals surface area (Å²) in [6.45, 7) is 0. The van der Waals surface area contributed by atoms with Crippen LogP contribution in [0, 0.1) is 0 Å². The van der Waals surface area contributed by atoms with Gasteiger partial charge in [-0.2, -0.15) is 4.98 Å². The maximum Gasteiger partial charge on any atom is 0.316 e. The van der Waals surface area contributed by atoms with Crippen LogP contribution < -0.4 is 11.5 Å². The van der Waals surface area contributed by atoms with Crippen molar-refractivity contribution in [3.05, 3.63) is 30.2 Å². The monoisotopic (exact) mass is 204 g/mol. The first-order chi connectivity index (χ1) is 7.16. The molecule has 6 heteroatoms. The number of carbonyl (C=O) groups is 1. The average Bonchev–Trinajstić information content (AvgIpc) is 2.66. The molecule has 0 aliphatic carbocycles. The summed E-state index contributed by atoms with van der Waals surface area (Å²) in [6.07, 6.45) is 0. The molecule has 0 bridgehead atoms. The highest BCUT2D eigenvalue weighted by molar-refractivity contribution is 5.88. The van der Waals surface area contributed by atoms with Gasteiger partial charge in [0.05, 0.1) is 0 Å². The molecule has 0 radical (unpaired) electrons. The van der Waals surface area contributed by atoms with E-state index in [1.165, 1.54) is 0 Å². The lowest BCUT2D eigenvalue weighted by Gasteiger charge is -1.94. The van der Waals surface area contributed by atoms with Crippen molar-refractivity contribution in [1.29, 1.82) is 0 Å². The minimum absolute atomic E-state index is 0.215. The highest BCUT2D eigenvalue weighted by Gasteiger charge is 2.12. The number of rotatable bonds is 2. The summed E-state index contributed by atoms with van der Waals surface area (Å²) in [5, 5.41) is 3.61. The molecule has 1 aromatic carbocycles. The summed E-state index contributed by atoms with van der Waals surface area (Å²) in [7, 11) is 0. The number of nitrogens with zero attached hydrogens (tertiary/aromatic N) is 2. The number of aromatic nitrogens is 2. The Morgan fingerprint density at radius 1 is 1.40 bits per heavy atom. The number of amides is 1. The minimum atomic E-state index is -0.752. The molecular weight excluding hydrogens is 196 g/mol. The van der Waals surface area contributed by atoms with Crippen LogP contribution in [0.3, 0.4) is 0 Å². The van der Waals surface area contributed by atoms with Crippen LogP contribution >= 0.6 is 0 Å². The highest BCUT2D eigenvalue weighted by Crippen LogP contribution is 2.17. The molecular formula is C9H8N4O2. The van der Waals surface area contributed by atoms with Gasteiger partial charge in [-0.15, -0.1) is 0 Å². The lowest BCUT2D eigenvalue weighted by molar-refractivity contribution is 0.0958. The van der Waals surface area contributed by atoms with Gasteiger partial charge in [0.1, 0.15) is 0 Å². The number of benzene rings is 1. The summed E-state index contributed by atoms with van der Waals surface area (Å²) in [5.74, 6) is -0.679. The molecule has 4 N–H and O–H groups in total. The topological polar surface area (TPSA) is 108 Å². The highest BCUT2D eigenvalue weighted by atomic mass is 16.5. The Bertz CT molecular complexity index is 506. The maximum absolute atomic E-state index is 10.7. The largest absolute Gasteiger partial charge is 0.399 e. The van der Waals surface area contributed by atoms with E-state index in [1.54, 1.807) is 24.3 Å². The number of primary amides is 1. The number of anilines is 1. The van der Waals surface area contributed by atoms with Gasteiger partial charge in [-0.05, 0) is 12.1 Å². The van der Waals surface area contributed by atoms with E-state index in [4.69, 9.17) is 11.5 Å². The second-order valence-corrected chi connectivity index (χ2v) is 2.91. The van der Waals surface area contributed by atoms with Gasteiger partial charge in [0.15, 0.2) is 0 Å². The molecule has 6 nitrogen and oxygen atoms in total. The van der Waals surface area contributed by atoms with Gasteiger partial charge < -0.3 is 16.0 Å². The van der Waals surface area contributed by atoms with Crippen molar-refractivity contribution >= 4 is 11.6 Å². The Hall–Kier alpha value is -2.37. The SMILES string of the molecule is NC(=O)c1nc(-c2cccc(N)c2)no1. The molecule has 0 saturated heterocycles. The van der Waals surface area contributed by atoms with Crippen LogP contribution in [0.25, 0.3) is 11.4 Å². The van der Waals surface area contributed by atoms with Crippen molar-refractivity contribution in [2.45, 2.75) is 0 Å². The van der Waals surface area contributed by atoms with E-state index >= 15 is 0 Å². The molecule has 2 rings (SSSR count). The van der Waals surface area contributed by atoms with Gasteiger partial charge in [-0.25, -0.2) is 0 Å². The van der Waals surface area contributed by atoms with E-state index in [0.717, 1.165) is 0 Å². The first kappa shape index (κ1) is 9.20. The molecule has 1 amide bonds. The Morgan fingerprint density at radius 3 is 2.80 bits per heavy atom. The summed E-state index contributed by atoms with van der Waals surface area (Å²) >= 11 is 0. The van der Waals surface area contributed by atoms with Gasteiger partial charge in [0, 0.05) is 11.3 Å². The molecule has 15 heavy (non-hydrogen) atoms. The Labute approximate surface area is 84.9 Å². The van der Waals surface area contributed by atoms with Crippen LogP contribution in [-0.2, 0) is 0 Å². The fourth-order valence-electron chi connectivity index (χ4n) is 1.12. The number of nitrogen functional groups attached to an aromatic ring is 1. The third kappa shape index (κ3) is 1.78. The molecule has 0 aliphatic heterocycles. The maximum atomic E-state index is 10.7. The zero-order valence-electron chi connectivity index (χ0n) is 7.68. The van der Waals surface area contributed by atoms with E-state index in [2.05, 4.69) is 14.7 Å². The first-order valence-electron chi connectivity index (χ1n) is 4.16. The molecule has 0 spiro atoms. The van der Waals surface area contributed by atoms with E-state index in [9.17, 15) is 4.79 Å². The van der Waals surface area contributed by atoms with Crippen molar-refractivity contribution in [1.82, 2.24) is 10.1 Å². The molecule has 1 aromatic heterocycles. The number of nitrogens with two attached hydrogens (primary N) is 2. The minimum Gasteiger partial charge on any atom is -0.399 e. The van der Waals surface area contributed by atoms with Crippen LogP contribution in [-0.4, -0.2) is 16.0 Å². The lowest BCUT2D eigenvalue weighted by Crippen LogP contribution is -2.10. The second kappa shape index (κ2) is 3.41. The molecule has 0 atom stereocenters. The van der Waals surface area contributed by atoms with Crippen LogP contribution in [0.15, 0.2) is 28.8 Å². The molecule has 2 aromatic rings. The van der Waals surface area contributed by atoms with E-state index in [-0.39, 0.29) is 11.7 Å². The number of hydrogen-bond donors (Lipinski definition) is 2. The van der Waals surface area contributed by atoms with E-state index in [0.29, 0.717) is 11.3 Å². The van der Waals surface area contributed by atoms with Crippen molar-refractivity contribution in [2.24, 2.45) is 5.73 Å². The average molecular weight is 204 g/mol. The Morgan fingerprint density at radius 2 is 2.20 bits per heavy atom. The van der Waals surface area contributed by atoms with Crippen molar-refractivity contribution < 1.29 is 9.32 Å². The predicted octanol–water partition coefficient (Wildman–Crippen LogP) is 0.418. The smallest absolute Gasteiger partial charge is 0.316 e. The predicted molar refractivity (Wildman–Crippen MR) is 52.7 cm³/mol. The molecule has 0 unspecified atom stereocenters. The third-order valence-electron chi connectivity index (χ3n) is 1.78. The summed E-state index contributed by atoms with van der Waals surface area (Å²) in [4.78, 5) is 14.5. The van der Waals surface area contributed by atoms with E-state index in [1.807, 2.05) is 0 Å². The van der Waals surface area contributed by atoms with Crippen molar-refractivity contribution in [3.8, 4) is 11.4 Å². The zero-order valence-corrected chi connectivity index (χ0v) is 7.68. The quantitative estimate of drug-likeness (QED) is 0.689. The van der Waals surface area contributed by atoms with Gasteiger partial charge >= 0.3 is 11.8 Å². The van der Waals surface area contributed by atoms with Gasteiger partial charge in [0.25, 0.3) is 0 Å².